The Balaban J connectivity index is 1.08. The number of nitrogens with two attached hydrogens (primary N) is 1. The van der Waals surface area contributed by atoms with E-state index in [0.717, 1.165) is 103 Å². The lowest BCUT2D eigenvalue weighted by Gasteiger charge is -2.63. The second-order valence-corrected chi connectivity index (χ2v) is 18.3. The molecule has 9 N–H and O–H groups in total. The zero-order chi connectivity index (χ0) is 39.6. The highest BCUT2D eigenvalue weighted by molar-refractivity contribution is 5.84. The van der Waals surface area contributed by atoms with Crippen molar-refractivity contribution in [1.82, 2.24) is 21.3 Å². The molecule has 4 aliphatic rings. The zero-order valence-electron chi connectivity index (χ0n) is 34.4. The molecule has 3 unspecified atom stereocenters. The largest absolute Gasteiger partial charge is 0.508 e. The van der Waals surface area contributed by atoms with Gasteiger partial charge in [0.15, 0.2) is 0 Å². The minimum absolute atomic E-state index is 0.128. The highest BCUT2D eigenvalue weighted by atomic mass is 16.5. The number of benzene rings is 1. The van der Waals surface area contributed by atoms with E-state index in [9.17, 15) is 24.9 Å². The molecule has 312 valence electrons. The van der Waals surface area contributed by atoms with Crippen molar-refractivity contribution in [2.45, 2.75) is 135 Å². The molecule has 4 fully saturated rings. The van der Waals surface area contributed by atoms with E-state index in [-0.39, 0.29) is 65.1 Å². The average molecular weight is 770 g/mol. The third-order valence-corrected chi connectivity index (χ3v) is 15.1. The summed E-state index contributed by atoms with van der Waals surface area (Å²) >= 11 is 0. The number of aliphatic hydroxyl groups excluding tert-OH is 2. The topological polar surface area (TPSA) is 178 Å². The van der Waals surface area contributed by atoms with Gasteiger partial charge in [0.1, 0.15) is 11.8 Å². The second kappa shape index (κ2) is 20.4. The van der Waals surface area contributed by atoms with Crippen molar-refractivity contribution >= 4 is 11.9 Å². The second-order valence-electron chi connectivity index (χ2n) is 18.3. The van der Waals surface area contributed by atoms with Gasteiger partial charge in [-0.3, -0.25) is 4.79 Å². The maximum Gasteiger partial charge on any atom is 0.328 e. The maximum absolute atomic E-state index is 13.2. The quantitative estimate of drug-likeness (QED) is 0.0666. The van der Waals surface area contributed by atoms with Crippen LogP contribution in [0.2, 0.25) is 0 Å². The van der Waals surface area contributed by atoms with Gasteiger partial charge in [-0.1, -0.05) is 32.9 Å². The number of phenols is 1. The number of ether oxygens (including phenoxy) is 1. The Hall–Kier alpha value is -2.28. The first-order valence-electron chi connectivity index (χ1n) is 21.8. The van der Waals surface area contributed by atoms with Crippen LogP contribution in [-0.4, -0.2) is 97.9 Å². The molecule has 1 aromatic rings. The number of hydrogen-bond donors (Lipinski definition) is 8. The summed E-state index contributed by atoms with van der Waals surface area (Å²) in [6, 6.07) is 6.28. The van der Waals surface area contributed by atoms with Gasteiger partial charge in [0.2, 0.25) is 5.91 Å². The fourth-order valence-electron chi connectivity index (χ4n) is 11.9. The van der Waals surface area contributed by atoms with Crippen molar-refractivity contribution in [2.75, 3.05) is 46.4 Å². The summed E-state index contributed by atoms with van der Waals surface area (Å²) in [5.41, 5.74) is 6.19. The van der Waals surface area contributed by atoms with Crippen LogP contribution in [0.3, 0.4) is 0 Å². The van der Waals surface area contributed by atoms with Crippen LogP contribution in [0.15, 0.2) is 24.3 Å². The first kappa shape index (κ1) is 43.8. The monoisotopic (exact) mass is 770 g/mol. The van der Waals surface area contributed by atoms with E-state index >= 15 is 0 Å². The standard InChI is InChI=1S/C44H75N5O6/c1-29(9-16-40(53)49-37(42(54)55-4)25-30-10-12-33(50)13-11-30)34-14-15-35-41-36(28-39(52)44(34,35)3)43(2)18-17-32(26-31(43)27-38(41)51)48-24-8-23-47-21-6-5-20-46-22-7-19-45/h10-13,29,31-32,34-39,41,46-48,50-52H,5-9,14-28,45H2,1-4H3,(H,49,53)/t29-,31+,32+,34-,35?,36?,37-,38-,39+,41?,43+,44-/m1/s1. The molecular weight excluding hydrogens is 695 g/mol. The highest BCUT2D eigenvalue weighted by Crippen LogP contribution is 2.68. The SMILES string of the molecule is COC(=O)[C@@H](Cc1ccc(O)cc1)NC(=O)CC[C@@H](C)[C@H]1CCC2C3C(C[C@H](O)[C@@]21C)[C@@]1(C)CC[C@H](NCCCNCCCCNCCCN)C[C@H]1C[C@H]3O. The summed E-state index contributed by atoms with van der Waals surface area (Å²) in [5.74, 6) is 1.15. The van der Waals surface area contributed by atoms with Gasteiger partial charge in [0, 0.05) is 18.9 Å². The average Bonchev–Trinajstić information content (AvgIpc) is 3.53. The van der Waals surface area contributed by atoms with Crippen molar-refractivity contribution in [1.29, 1.82) is 0 Å². The predicted molar refractivity (Wildman–Crippen MR) is 217 cm³/mol. The number of aromatic hydroxyl groups is 1. The molecule has 0 aromatic heterocycles. The molecule has 0 saturated heterocycles. The molecule has 1 amide bonds. The first-order chi connectivity index (χ1) is 26.4. The van der Waals surface area contributed by atoms with Gasteiger partial charge >= 0.3 is 5.97 Å². The Labute approximate surface area is 331 Å². The Morgan fingerprint density at radius 3 is 2.29 bits per heavy atom. The number of carbonyl (C=O) groups is 2. The van der Waals surface area contributed by atoms with E-state index in [1.54, 1.807) is 24.3 Å². The van der Waals surface area contributed by atoms with Crippen LogP contribution in [-0.2, 0) is 20.7 Å². The third kappa shape index (κ3) is 10.6. The van der Waals surface area contributed by atoms with E-state index in [0.29, 0.717) is 24.3 Å². The molecule has 4 aliphatic carbocycles. The number of amides is 1. The number of esters is 1. The van der Waals surface area contributed by atoms with E-state index < -0.39 is 18.1 Å². The third-order valence-electron chi connectivity index (χ3n) is 15.1. The summed E-state index contributed by atoms with van der Waals surface area (Å²) in [7, 11) is 1.32. The van der Waals surface area contributed by atoms with E-state index in [2.05, 4.69) is 42.0 Å². The fourth-order valence-corrected chi connectivity index (χ4v) is 11.9. The number of fused-ring (bicyclic) bond motifs is 5. The van der Waals surface area contributed by atoms with Gasteiger partial charge in [-0.15, -0.1) is 0 Å². The predicted octanol–water partition coefficient (Wildman–Crippen LogP) is 4.27. The Bertz CT molecular complexity index is 1350. The molecule has 55 heavy (non-hydrogen) atoms. The molecule has 1 aromatic carbocycles. The molecule has 4 saturated carbocycles. The molecule has 5 rings (SSSR count). The van der Waals surface area contributed by atoms with Crippen LogP contribution >= 0.6 is 0 Å². The summed E-state index contributed by atoms with van der Waals surface area (Å²) in [6.45, 7) is 12.9. The minimum atomic E-state index is -0.811. The van der Waals surface area contributed by atoms with Crippen LogP contribution in [0.4, 0.5) is 0 Å². The molecular formula is C44H75N5O6. The summed E-state index contributed by atoms with van der Waals surface area (Å²) in [6.07, 6.45) is 12.0. The van der Waals surface area contributed by atoms with Crippen molar-refractivity contribution in [3.8, 4) is 5.75 Å². The molecule has 11 heteroatoms. The number of phenolic OH excluding ortho intramolecular Hbond substituents is 1. The summed E-state index contributed by atoms with van der Waals surface area (Å²) in [4.78, 5) is 25.7. The maximum atomic E-state index is 13.2. The molecule has 0 spiro atoms. The zero-order valence-corrected chi connectivity index (χ0v) is 34.4. The Morgan fingerprint density at radius 2 is 1.60 bits per heavy atom. The van der Waals surface area contributed by atoms with Crippen molar-refractivity contribution in [3.63, 3.8) is 0 Å². The molecule has 11 nitrogen and oxygen atoms in total. The number of rotatable bonds is 21. The number of hydrogen-bond acceptors (Lipinski definition) is 10. The minimum Gasteiger partial charge on any atom is -0.508 e. The summed E-state index contributed by atoms with van der Waals surface area (Å²) < 4.78 is 4.98. The lowest BCUT2D eigenvalue weighted by molar-refractivity contribution is -0.202. The van der Waals surface area contributed by atoms with Gasteiger partial charge in [0.25, 0.3) is 0 Å². The van der Waals surface area contributed by atoms with Crippen LogP contribution in [0, 0.1) is 46.3 Å². The van der Waals surface area contributed by atoms with Crippen LogP contribution in [0.5, 0.6) is 5.75 Å². The lowest BCUT2D eigenvalue weighted by Crippen LogP contribution is -2.62. The van der Waals surface area contributed by atoms with Crippen LogP contribution in [0.1, 0.15) is 110 Å². The molecule has 0 bridgehead atoms. The van der Waals surface area contributed by atoms with Crippen LogP contribution in [0.25, 0.3) is 0 Å². The fraction of sp³-hybridized carbons (Fsp3) is 0.818. The van der Waals surface area contributed by atoms with Crippen molar-refractivity contribution in [3.05, 3.63) is 29.8 Å². The highest BCUT2D eigenvalue weighted by Gasteiger charge is 2.65. The molecule has 0 radical (unpaired) electrons. The van der Waals surface area contributed by atoms with Gasteiger partial charge in [0.05, 0.1) is 19.3 Å². The molecule has 0 aliphatic heterocycles. The lowest BCUT2D eigenvalue weighted by atomic mass is 9.43. The van der Waals surface area contributed by atoms with Crippen LogP contribution < -0.4 is 27.0 Å². The van der Waals surface area contributed by atoms with Gasteiger partial charge < -0.3 is 47.1 Å². The first-order valence-corrected chi connectivity index (χ1v) is 21.8. The van der Waals surface area contributed by atoms with Gasteiger partial charge in [-0.25, -0.2) is 4.79 Å². The van der Waals surface area contributed by atoms with Gasteiger partial charge in [-0.05, 0) is 180 Å². The summed E-state index contributed by atoms with van der Waals surface area (Å²) in [5, 5.41) is 47.4. The molecule has 0 heterocycles. The van der Waals surface area contributed by atoms with Gasteiger partial charge in [-0.2, -0.15) is 0 Å². The van der Waals surface area contributed by atoms with E-state index in [1.807, 2.05) is 0 Å². The molecule has 12 atom stereocenters. The van der Waals surface area contributed by atoms with E-state index in [4.69, 9.17) is 10.5 Å². The normalized spacial score (nSPS) is 33.9. The number of nitrogens with one attached hydrogen (secondary N) is 4. The Kier molecular flexibility index (Phi) is 16.3. The van der Waals surface area contributed by atoms with Crippen molar-refractivity contribution < 1.29 is 29.6 Å². The number of aliphatic hydroxyl groups is 2. The number of carbonyl (C=O) groups excluding carboxylic acids is 2. The van der Waals surface area contributed by atoms with Crippen molar-refractivity contribution in [2.24, 2.45) is 52.1 Å². The Morgan fingerprint density at radius 1 is 0.909 bits per heavy atom. The number of methoxy groups -OCH3 is 1. The van der Waals surface area contributed by atoms with E-state index in [1.165, 1.54) is 20.0 Å². The smallest absolute Gasteiger partial charge is 0.328 e. The number of unbranched alkanes of at least 4 members (excludes halogenated alkanes) is 1.